The van der Waals surface area contributed by atoms with Crippen molar-refractivity contribution >= 4 is 5.97 Å². The SMILES string of the molecule is C=CC(=O)O/C=C\Oc1ccc(-c2c[c-]c(-c3ccc(O)c(O)c3)cc2)cc1.[Y].[Y]. The standard InChI is InChI=1S/C23H17O5.2Y/c1-2-23(26)28-14-13-27-20-10-7-17(8-11-20)16-3-5-18(6-4-16)19-9-12-21(24)22(25)15-19;;/h2-5,7-15,24-25H,1H2;;/q-1;;/b14-13-;;. The van der Waals surface area contributed by atoms with Gasteiger partial charge in [-0.1, -0.05) is 47.5 Å². The number of esters is 1. The molecule has 3 rings (SSSR count). The van der Waals surface area contributed by atoms with Gasteiger partial charge in [0, 0.05) is 71.5 Å². The Bertz CT molecular complexity index is 1010. The molecule has 0 amide bonds. The van der Waals surface area contributed by atoms with Crippen LogP contribution in [0.3, 0.4) is 0 Å². The van der Waals surface area contributed by atoms with Crippen molar-refractivity contribution in [1.82, 2.24) is 0 Å². The molecule has 2 radical (unpaired) electrons. The van der Waals surface area contributed by atoms with Gasteiger partial charge in [0.25, 0.3) is 0 Å². The molecule has 0 saturated carbocycles. The van der Waals surface area contributed by atoms with Crippen LogP contribution in [0.1, 0.15) is 0 Å². The Hall–Kier alpha value is -1.78. The third-order valence-corrected chi connectivity index (χ3v) is 3.90. The van der Waals surface area contributed by atoms with Crippen molar-refractivity contribution in [2.75, 3.05) is 0 Å². The molecule has 0 unspecified atom stereocenters. The molecule has 0 heterocycles. The predicted molar refractivity (Wildman–Crippen MR) is 106 cm³/mol. The topological polar surface area (TPSA) is 76.0 Å². The van der Waals surface area contributed by atoms with Gasteiger partial charge in [0.05, 0.1) is 0 Å². The molecule has 2 N–H and O–H groups in total. The summed E-state index contributed by atoms with van der Waals surface area (Å²) in [6.45, 7) is 3.29. The van der Waals surface area contributed by atoms with Crippen molar-refractivity contribution in [3.8, 4) is 39.5 Å². The van der Waals surface area contributed by atoms with Crippen LogP contribution >= 0.6 is 0 Å². The van der Waals surface area contributed by atoms with Crippen molar-refractivity contribution in [3.63, 3.8) is 0 Å². The number of phenols is 2. The molecule has 5 nitrogen and oxygen atoms in total. The van der Waals surface area contributed by atoms with Gasteiger partial charge in [-0.25, -0.2) is 4.79 Å². The van der Waals surface area contributed by atoms with E-state index in [0.29, 0.717) is 5.75 Å². The second-order valence-corrected chi connectivity index (χ2v) is 5.75. The summed E-state index contributed by atoms with van der Waals surface area (Å²) in [5.41, 5.74) is 3.51. The van der Waals surface area contributed by atoms with Crippen LogP contribution in [0.5, 0.6) is 17.2 Å². The maximum atomic E-state index is 10.9. The van der Waals surface area contributed by atoms with Crippen molar-refractivity contribution in [2.24, 2.45) is 0 Å². The number of rotatable bonds is 6. The Morgan fingerprint density at radius 1 is 0.867 bits per heavy atom. The molecular weight excluding hydrogens is 534 g/mol. The molecule has 7 heteroatoms. The number of hydrogen-bond donors (Lipinski definition) is 2. The van der Waals surface area contributed by atoms with E-state index in [9.17, 15) is 15.0 Å². The van der Waals surface area contributed by atoms with Gasteiger partial charge >= 0.3 is 5.97 Å². The number of hydrogen-bond acceptors (Lipinski definition) is 5. The van der Waals surface area contributed by atoms with Crippen molar-refractivity contribution in [1.29, 1.82) is 0 Å². The Kier molecular flexibility index (Phi) is 11.2. The van der Waals surface area contributed by atoms with Crippen LogP contribution in [0.2, 0.25) is 0 Å². The van der Waals surface area contributed by atoms with Crippen LogP contribution < -0.4 is 4.74 Å². The molecule has 0 spiro atoms. The first-order valence-electron chi connectivity index (χ1n) is 8.36. The summed E-state index contributed by atoms with van der Waals surface area (Å²) >= 11 is 0. The molecule has 0 bridgehead atoms. The van der Waals surface area contributed by atoms with Gasteiger partial charge < -0.3 is 19.7 Å². The Labute approximate surface area is 225 Å². The summed E-state index contributed by atoms with van der Waals surface area (Å²) < 4.78 is 10.0. The Balaban J connectivity index is 0.00000225. The molecular formula is C23H17O5Y2-. The van der Waals surface area contributed by atoms with E-state index in [0.717, 1.165) is 34.6 Å². The third-order valence-electron chi connectivity index (χ3n) is 3.90. The summed E-state index contributed by atoms with van der Waals surface area (Å²) in [4.78, 5) is 10.9. The first kappa shape index (κ1) is 26.3. The van der Waals surface area contributed by atoms with E-state index in [-0.39, 0.29) is 76.9 Å². The zero-order chi connectivity index (χ0) is 19.9. The summed E-state index contributed by atoms with van der Waals surface area (Å²) in [6, 6.07) is 20.9. The van der Waals surface area contributed by atoms with Gasteiger partial charge in [-0.3, -0.25) is 0 Å². The molecule has 30 heavy (non-hydrogen) atoms. The maximum Gasteiger partial charge on any atom is 0.335 e. The zero-order valence-electron chi connectivity index (χ0n) is 16.0. The summed E-state index contributed by atoms with van der Waals surface area (Å²) in [5.74, 6) is -0.289. The molecule has 0 saturated heterocycles. The molecule has 0 aliphatic heterocycles. The van der Waals surface area contributed by atoms with E-state index in [4.69, 9.17) is 4.74 Å². The van der Waals surface area contributed by atoms with Gasteiger partial charge in [0.15, 0.2) is 5.75 Å². The summed E-state index contributed by atoms with van der Waals surface area (Å²) in [6.07, 6.45) is 3.48. The van der Waals surface area contributed by atoms with Crippen LogP contribution in [0.15, 0.2) is 85.8 Å². The largest absolute Gasteiger partial charge is 0.505 e. The second kappa shape index (κ2) is 12.8. The van der Waals surface area contributed by atoms with Gasteiger partial charge in [-0.05, 0) is 18.2 Å². The van der Waals surface area contributed by atoms with E-state index >= 15 is 0 Å². The summed E-state index contributed by atoms with van der Waals surface area (Å²) in [7, 11) is 0. The van der Waals surface area contributed by atoms with E-state index in [2.05, 4.69) is 17.4 Å². The zero-order valence-corrected chi connectivity index (χ0v) is 21.7. The van der Waals surface area contributed by atoms with Crippen molar-refractivity contribution in [2.45, 2.75) is 0 Å². The first-order valence-corrected chi connectivity index (χ1v) is 8.36. The van der Waals surface area contributed by atoms with Crippen LogP contribution in [-0.4, -0.2) is 16.2 Å². The fraction of sp³-hybridized carbons (Fsp3) is 0. The second-order valence-electron chi connectivity index (χ2n) is 5.75. The van der Waals surface area contributed by atoms with Crippen LogP contribution in [0.4, 0.5) is 0 Å². The molecule has 3 aromatic carbocycles. The smallest absolute Gasteiger partial charge is 0.335 e. The number of benzene rings is 3. The van der Waals surface area contributed by atoms with Crippen molar-refractivity contribution < 1.29 is 89.9 Å². The molecule has 146 valence electrons. The molecule has 0 aliphatic carbocycles. The van der Waals surface area contributed by atoms with E-state index < -0.39 is 5.97 Å². The number of carbonyl (C=O) groups is 1. The minimum absolute atomic E-state index is 0. The van der Waals surface area contributed by atoms with Gasteiger partial charge in [-0.2, -0.15) is 0 Å². The monoisotopic (exact) mass is 551 g/mol. The quantitative estimate of drug-likeness (QED) is 0.151. The van der Waals surface area contributed by atoms with Gasteiger partial charge in [0.1, 0.15) is 24.0 Å². The van der Waals surface area contributed by atoms with Gasteiger partial charge in [0.2, 0.25) is 0 Å². The number of carbonyl (C=O) groups excluding carboxylic acids is 1. The van der Waals surface area contributed by atoms with Crippen molar-refractivity contribution in [3.05, 3.63) is 91.9 Å². The maximum absolute atomic E-state index is 10.9. The van der Waals surface area contributed by atoms with E-state index in [1.165, 1.54) is 18.4 Å². The number of phenolic OH excluding ortho intramolecular Hbond substituents is 2. The summed E-state index contributed by atoms with van der Waals surface area (Å²) in [5, 5.41) is 19.0. The van der Waals surface area contributed by atoms with E-state index in [1.807, 2.05) is 30.3 Å². The van der Waals surface area contributed by atoms with Crippen LogP contribution in [0, 0.1) is 6.07 Å². The molecule has 0 fully saturated rings. The average molecular weight is 551 g/mol. The molecule has 0 aromatic heterocycles. The molecule has 0 atom stereocenters. The third kappa shape index (κ3) is 7.17. The van der Waals surface area contributed by atoms with E-state index in [1.54, 1.807) is 18.2 Å². The Morgan fingerprint density at radius 3 is 2.13 bits per heavy atom. The fourth-order valence-electron chi connectivity index (χ4n) is 2.45. The number of aromatic hydroxyl groups is 2. The van der Waals surface area contributed by atoms with Gasteiger partial charge in [-0.15, -0.1) is 29.8 Å². The minimum Gasteiger partial charge on any atom is -0.505 e. The first-order chi connectivity index (χ1) is 13.6. The predicted octanol–water partition coefficient (Wildman–Crippen LogP) is 4.81. The molecule has 3 aromatic rings. The Morgan fingerprint density at radius 2 is 1.53 bits per heavy atom. The minimum atomic E-state index is -0.558. The normalized spacial score (nSPS) is 9.87. The number of ether oxygens (including phenoxy) is 2. The average Bonchev–Trinajstić information content (AvgIpc) is 2.73. The van der Waals surface area contributed by atoms with Crippen LogP contribution in [0.25, 0.3) is 22.3 Å². The van der Waals surface area contributed by atoms with Crippen LogP contribution in [-0.2, 0) is 74.9 Å². The molecule has 0 aliphatic rings. The fourth-order valence-corrected chi connectivity index (χ4v) is 2.45.